The maximum atomic E-state index is 13.1. The van der Waals surface area contributed by atoms with Crippen LogP contribution in [0.5, 0.6) is 5.88 Å². The molecule has 3 heterocycles. The Kier molecular flexibility index (Phi) is 4.20. The quantitative estimate of drug-likeness (QED) is 0.758. The van der Waals surface area contributed by atoms with Gasteiger partial charge in [-0.3, -0.25) is 0 Å². The zero-order chi connectivity index (χ0) is 18.3. The van der Waals surface area contributed by atoms with Crippen LogP contribution >= 0.6 is 0 Å². The first kappa shape index (κ1) is 17.1. The van der Waals surface area contributed by atoms with E-state index in [1.165, 1.54) is 12.3 Å². The van der Waals surface area contributed by atoms with E-state index in [0.29, 0.717) is 12.1 Å². The van der Waals surface area contributed by atoms with Crippen molar-refractivity contribution in [2.24, 2.45) is 0 Å². The van der Waals surface area contributed by atoms with Crippen molar-refractivity contribution in [3.63, 3.8) is 0 Å². The Morgan fingerprint density at radius 3 is 2.92 bits per heavy atom. The standard InChI is InChI=1S/C19H20N2O4S/c1-12(2)24-19-18(4-3-8-21-19)26(22,23)13-5-6-14-15-7-9-20-11-17(15)25-16(14)10-13/h3-6,8,10,12,20H,7,9,11H2,1-2H3. The van der Waals surface area contributed by atoms with Gasteiger partial charge in [-0.15, -0.1) is 0 Å². The van der Waals surface area contributed by atoms with Gasteiger partial charge >= 0.3 is 0 Å². The van der Waals surface area contributed by atoms with Gasteiger partial charge in [0.25, 0.3) is 0 Å². The van der Waals surface area contributed by atoms with E-state index >= 15 is 0 Å². The molecule has 0 unspecified atom stereocenters. The third-order valence-corrected chi connectivity index (χ3v) is 6.13. The predicted octanol–water partition coefficient (Wildman–Crippen LogP) is 3.09. The molecule has 0 amide bonds. The lowest BCUT2D eigenvalue weighted by Gasteiger charge is -2.13. The Bertz CT molecular complexity index is 1070. The molecule has 1 aromatic carbocycles. The second kappa shape index (κ2) is 6.41. The third kappa shape index (κ3) is 2.87. The summed E-state index contributed by atoms with van der Waals surface area (Å²) < 4.78 is 37.8. The fourth-order valence-corrected chi connectivity index (χ4v) is 4.55. The minimum Gasteiger partial charge on any atom is -0.474 e. The van der Waals surface area contributed by atoms with Gasteiger partial charge in [-0.2, -0.15) is 0 Å². The van der Waals surface area contributed by atoms with Crippen molar-refractivity contribution in [2.45, 2.75) is 42.7 Å². The van der Waals surface area contributed by atoms with Crippen LogP contribution in [-0.4, -0.2) is 26.1 Å². The SMILES string of the molecule is CC(C)Oc1ncccc1S(=O)(=O)c1ccc2c3c(oc2c1)CNCC3. The van der Waals surface area contributed by atoms with E-state index in [2.05, 4.69) is 10.3 Å². The molecule has 0 fully saturated rings. The van der Waals surface area contributed by atoms with Crippen LogP contribution in [0, 0.1) is 0 Å². The summed E-state index contributed by atoms with van der Waals surface area (Å²) in [6.07, 6.45) is 2.22. The first-order chi connectivity index (χ1) is 12.5. The molecular formula is C19H20N2O4S. The molecule has 0 spiro atoms. The molecule has 2 aromatic heterocycles. The number of hydrogen-bond donors (Lipinski definition) is 1. The number of pyridine rings is 1. The van der Waals surface area contributed by atoms with Gasteiger partial charge in [-0.25, -0.2) is 13.4 Å². The minimum absolute atomic E-state index is 0.0611. The summed E-state index contributed by atoms with van der Waals surface area (Å²) in [5.74, 6) is 0.997. The highest BCUT2D eigenvalue weighted by atomic mass is 32.2. The number of nitrogens with zero attached hydrogens (tertiary/aromatic N) is 1. The Morgan fingerprint density at radius 2 is 2.12 bits per heavy atom. The lowest BCUT2D eigenvalue weighted by molar-refractivity contribution is 0.225. The molecule has 4 rings (SSSR count). The van der Waals surface area contributed by atoms with Crippen molar-refractivity contribution in [2.75, 3.05) is 6.54 Å². The summed E-state index contributed by atoms with van der Waals surface area (Å²) in [5, 5.41) is 4.24. The molecule has 7 heteroatoms. The highest BCUT2D eigenvalue weighted by Crippen LogP contribution is 2.33. The largest absolute Gasteiger partial charge is 0.474 e. The first-order valence-corrected chi connectivity index (χ1v) is 10.1. The van der Waals surface area contributed by atoms with Gasteiger partial charge in [0.15, 0.2) is 0 Å². The molecule has 1 aliphatic heterocycles. The fourth-order valence-electron chi connectivity index (χ4n) is 3.20. The summed E-state index contributed by atoms with van der Waals surface area (Å²) in [7, 11) is -3.77. The number of fused-ring (bicyclic) bond motifs is 3. The Hall–Kier alpha value is -2.38. The van der Waals surface area contributed by atoms with Crippen molar-refractivity contribution in [3.05, 3.63) is 47.9 Å². The van der Waals surface area contributed by atoms with Gasteiger partial charge in [0.2, 0.25) is 15.7 Å². The summed E-state index contributed by atoms with van der Waals surface area (Å²) in [5.41, 5.74) is 1.75. The molecule has 0 atom stereocenters. The molecule has 26 heavy (non-hydrogen) atoms. The van der Waals surface area contributed by atoms with Crippen molar-refractivity contribution < 1.29 is 17.6 Å². The second-order valence-electron chi connectivity index (χ2n) is 6.57. The van der Waals surface area contributed by atoms with Crippen molar-refractivity contribution in [3.8, 4) is 5.88 Å². The van der Waals surface area contributed by atoms with Gasteiger partial charge in [0.05, 0.1) is 17.5 Å². The molecule has 1 N–H and O–H groups in total. The summed E-state index contributed by atoms with van der Waals surface area (Å²) in [6, 6.07) is 8.16. The zero-order valence-corrected chi connectivity index (χ0v) is 15.5. The van der Waals surface area contributed by atoms with E-state index in [1.807, 2.05) is 19.9 Å². The molecule has 1 aliphatic rings. The molecule has 0 radical (unpaired) electrons. The molecule has 0 aliphatic carbocycles. The van der Waals surface area contributed by atoms with Crippen molar-refractivity contribution in [1.82, 2.24) is 10.3 Å². The van der Waals surface area contributed by atoms with Crippen LogP contribution in [0.1, 0.15) is 25.2 Å². The molecular weight excluding hydrogens is 352 g/mol. The normalized spacial score (nSPS) is 14.6. The minimum atomic E-state index is -3.77. The van der Waals surface area contributed by atoms with Crippen LogP contribution in [0.25, 0.3) is 11.0 Å². The first-order valence-electron chi connectivity index (χ1n) is 8.58. The van der Waals surface area contributed by atoms with Gasteiger partial charge in [0, 0.05) is 23.2 Å². The highest BCUT2D eigenvalue weighted by Gasteiger charge is 2.26. The number of rotatable bonds is 4. The van der Waals surface area contributed by atoms with Crippen molar-refractivity contribution >= 4 is 20.8 Å². The Labute approximate surface area is 152 Å². The van der Waals surface area contributed by atoms with Gasteiger partial charge in [-0.1, -0.05) is 0 Å². The number of sulfone groups is 1. The van der Waals surface area contributed by atoms with E-state index < -0.39 is 9.84 Å². The zero-order valence-electron chi connectivity index (χ0n) is 14.7. The summed E-state index contributed by atoms with van der Waals surface area (Å²) in [6.45, 7) is 5.23. The molecule has 0 saturated heterocycles. The average molecular weight is 372 g/mol. The van der Waals surface area contributed by atoms with E-state index in [4.69, 9.17) is 9.15 Å². The lowest BCUT2D eigenvalue weighted by Crippen LogP contribution is -2.22. The molecule has 3 aromatic rings. The maximum absolute atomic E-state index is 13.1. The second-order valence-corrected chi connectivity index (χ2v) is 8.48. The fraction of sp³-hybridized carbons (Fsp3) is 0.316. The number of hydrogen-bond acceptors (Lipinski definition) is 6. The monoisotopic (exact) mass is 372 g/mol. The smallest absolute Gasteiger partial charge is 0.233 e. The van der Waals surface area contributed by atoms with Gasteiger partial charge in [-0.05, 0) is 51.1 Å². The lowest BCUT2D eigenvalue weighted by atomic mass is 10.1. The average Bonchev–Trinajstić information content (AvgIpc) is 2.99. The number of nitrogens with one attached hydrogen (secondary N) is 1. The maximum Gasteiger partial charge on any atom is 0.233 e. The van der Waals surface area contributed by atoms with Crippen LogP contribution in [0.4, 0.5) is 0 Å². The number of benzene rings is 1. The van der Waals surface area contributed by atoms with Gasteiger partial charge < -0.3 is 14.5 Å². The highest BCUT2D eigenvalue weighted by molar-refractivity contribution is 7.91. The van der Waals surface area contributed by atoms with E-state index in [-0.39, 0.29) is 21.8 Å². The molecule has 0 saturated carbocycles. The van der Waals surface area contributed by atoms with Crippen molar-refractivity contribution in [1.29, 1.82) is 0 Å². The summed E-state index contributed by atoms with van der Waals surface area (Å²) in [4.78, 5) is 4.33. The van der Waals surface area contributed by atoms with Crippen LogP contribution in [0.2, 0.25) is 0 Å². The predicted molar refractivity (Wildman–Crippen MR) is 97.1 cm³/mol. The van der Waals surface area contributed by atoms with Crippen LogP contribution in [0.15, 0.2) is 50.7 Å². The summed E-state index contributed by atoms with van der Waals surface area (Å²) >= 11 is 0. The third-order valence-electron chi connectivity index (χ3n) is 4.37. The molecule has 0 bridgehead atoms. The number of ether oxygens (including phenoxy) is 1. The topological polar surface area (TPSA) is 81.4 Å². The van der Waals surface area contributed by atoms with Crippen LogP contribution in [-0.2, 0) is 22.8 Å². The number of furan rings is 1. The van der Waals surface area contributed by atoms with Gasteiger partial charge in [0.1, 0.15) is 16.2 Å². The van der Waals surface area contributed by atoms with E-state index in [1.54, 1.807) is 18.2 Å². The Morgan fingerprint density at radius 1 is 1.27 bits per heavy atom. The van der Waals surface area contributed by atoms with Crippen LogP contribution in [0.3, 0.4) is 0 Å². The molecule has 6 nitrogen and oxygen atoms in total. The van der Waals surface area contributed by atoms with E-state index in [9.17, 15) is 8.42 Å². The Balaban J connectivity index is 1.82. The molecule has 136 valence electrons. The number of aromatic nitrogens is 1. The van der Waals surface area contributed by atoms with Crippen LogP contribution < -0.4 is 10.1 Å². The van der Waals surface area contributed by atoms with E-state index in [0.717, 1.165) is 29.7 Å².